The van der Waals surface area contributed by atoms with E-state index in [0.29, 0.717) is 36.0 Å². The minimum atomic E-state index is -1.38. The molecule has 0 bridgehead atoms. The van der Waals surface area contributed by atoms with Crippen LogP contribution in [0.2, 0.25) is 0 Å². The number of rotatable bonds is 6. The van der Waals surface area contributed by atoms with Gasteiger partial charge in [0.15, 0.2) is 11.9 Å². The summed E-state index contributed by atoms with van der Waals surface area (Å²) in [7, 11) is 1.70. The zero-order chi connectivity index (χ0) is 25.1. The molecular weight excluding hydrogens is 461 g/mol. The van der Waals surface area contributed by atoms with Crippen molar-refractivity contribution in [3.8, 4) is 11.1 Å². The number of hydrogen-bond donors (Lipinski definition) is 2. The highest BCUT2D eigenvalue weighted by Gasteiger charge is 2.25. The summed E-state index contributed by atoms with van der Waals surface area (Å²) in [6.07, 6.45) is 2.62. The Morgan fingerprint density at radius 1 is 0.944 bits per heavy atom. The molecule has 1 unspecified atom stereocenters. The highest BCUT2D eigenvalue weighted by molar-refractivity contribution is 5.95. The van der Waals surface area contributed by atoms with E-state index in [0.717, 1.165) is 24.3 Å². The molecule has 2 aromatic heterocycles. The Balaban J connectivity index is 1.21. The van der Waals surface area contributed by atoms with Crippen molar-refractivity contribution in [2.45, 2.75) is 6.10 Å². The van der Waals surface area contributed by atoms with Crippen molar-refractivity contribution in [3.05, 3.63) is 84.7 Å². The van der Waals surface area contributed by atoms with Gasteiger partial charge in [0.1, 0.15) is 0 Å². The largest absolute Gasteiger partial charge is 0.377 e. The molecule has 1 saturated heterocycles. The first-order chi connectivity index (χ1) is 17.5. The molecule has 1 atom stereocenters. The van der Waals surface area contributed by atoms with Crippen molar-refractivity contribution >= 4 is 23.2 Å². The van der Waals surface area contributed by atoms with E-state index in [1.54, 1.807) is 13.2 Å². The van der Waals surface area contributed by atoms with Crippen molar-refractivity contribution in [3.63, 3.8) is 0 Å². The summed E-state index contributed by atoms with van der Waals surface area (Å²) in [6, 6.07) is 17.0. The van der Waals surface area contributed by atoms with Crippen LogP contribution in [-0.2, 0) is 11.8 Å². The third kappa shape index (κ3) is 4.89. The predicted octanol–water partition coefficient (Wildman–Crippen LogP) is 3.01. The molecule has 36 heavy (non-hydrogen) atoms. The number of piperazine rings is 1. The molecule has 2 aromatic carbocycles. The number of carbonyl (C=O) groups excluding carboxylic acids is 1. The number of aliphatic hydroxyl groups is 1. The van der Waals surface area contributed by atoms with Crippen LogP contribution in [0.25, 0.3) is 11.1 Å². The van der Waals surface area contributed by atoms with Gasteiger partial charge in [-0.25, -0.2) is 14.4 Å². The number of aromatic nitrogens is 4. The fraction of sp³-hybridized carbons (Fsp3) is 0.231. The predicted molar refractivity (Wildman–Crippen MR) is 135 cm³/mol. The van der Waals surface area contributed by atoms with Crippen molar-refractivity contribution in [2.75, 3.05) is 41.3 Å². The molecule has 1 amide bonds. The minimum Gasteiger partial charge on any atom is -0.377 e. The summed E-state index contributed by atoms with van der Waals surface area (Å²) in [4.78, 5) is 25.2. The minimum absolute atomic E-state index is 0.429. The zero-order valence-corrected chi connectivity index (χ0v) is 19.8. The molecule has 5 rings (SSSR count). The lowest BCUT2D eigenvalue weighted by Gasteiger charge is -2.36. The first kappa shape index (κ1) is 23.4. The second kappa shape index (κ2) is 10.1. The van der Waals surface area contributed by atoms with Crippen molar-refractivity contribution in [1.29, 1.82) is 0 Å². The second-order valence-electron chi connectivity index (χ2n) is 8.55. The maximum Gasteiger partial charge on any atom is 0.259 e. The van der Waals surface area contributed by atoms with Crippen molar-refractivity contribution < 1.29 is 14.3 Å². The van der Waals surface area contributed by atoms with Crippen LogP contribution in [0.1, 0.15) is 11.8 Å². The van der Waals surface area contributed by atoms with Crippen molar-refractivity contribution in [1.82, 2.24) is 19.7 Å². The fourth-order valence-electron chi connectivity index (χ4n) is 4.34. The highest BCUT2D eigenvalue weighted by Crippen LogP contribution is 2.29. The van der Waals surface area contributed by atoms with Gasteiger partial charge in [0.2, 0.25) is 5.95 Å². The van der Waals surface area contributed by atoms with Crippen LogP contribution in [0.15, 0.2) is 73.2 Å². The van der Waals surface area contributed by atoms with Gasteiger partial charge in [-0.3, -0.25) is 9.48 Å². The number of nitrogens with one attached hydrogen (secondary N) is 1. The van der Waals surface area contributed by atoms with Crippen LogP contribution < -0.4 is 15.1 Å². The molecule has 9 nitrogen and oxygen atoms in total. The highest BCUT2D eigenvalue weighted by atomic mass is 19.1. The molecule has 0 radical (unpaired) electrons. The van der Waals surface area contributed by atoms with E-state index in [-0.39, 0.29) is 0 Å². The Hall–Kier alpha value is -4.31. The monoisotopic (exact) mass is 487 g/mol. The summed E-state index contributed by atoms with van der Waals surface area (Å²) in [5, 5.41) is 17.9. The Bertz CT molecular complexity index is 1320. The normalized spacial score (nSPS) is 14.5. The molecule has 1 fully saturated rings. The standard InChI is InChI=1S/C26H26FN7O2/c1-32-23(22(17-30-32)18-5-3-2-4-6-18)24(35)25(36)31-20-7-9-21(10-8-20)33-11-13-34(14-12-33)26-28-15-19(27)16-29-26/h2-10,15-17,24,35H,11-14H2,1H3,(H,31,36). The zero-order valence-electron chi connectivity index (χ0n) is 19.8. The molecule has 184 valence electrons. The Kier molecular flexibility index (Phi) is 6.59. The molecule has 0 spiro atoms. The number of anilines is 3. The van der Waals surface area contributed by atoms with Gasteiger partial charge in [0, 0.05) is 50.2 Å². The maximum atomic E-state index is 13.1. The summed E-state index contributed by atoms with van der Waals surface area (Å²) in [5.41, 5.74) is 3.62. The van der Waals surface area contributed by atoms with E-state index in [9.17, 15) is 14.3 Å². The van der Waals surface area contributed by atoms with Crippen LogP contribution in [0.4, 0.5) is 21.7 Å². The average Bonchev–Trinajstić information content (AvgIpc) is 3.31. The number of aryl methyl sites for hydroxylation is 1. The molecule has 1 aliphatic rings. The Morgan fingerprint density at radius 3 is 2.25 bits per heavy atom. The second-order valence-corrected chi connectivity index (χ2v) is 8.55. The molecule has 4 aromatic rings. The van der Waals surface area contributed by atoms with E-state index in [1.807, 2.05) is 59.5 Å². The maximum absolute atomic E-state index is 13.1. The van der Waals surface area contributed by atoms with E-state index < -0.39 is 17.8 Å². The number of halogens is 1. The summed E-state index contributed by atoms with van der Waals surface area (Å²) >= 11 is 0. The van der Waals surface area contributed by atoms with Gasteiger partial charge in [-0.2, -0.15) is 5.10 Å². The number of aliphatic hydroxyl groups excluding tert-OH is 1. The van der Waals surface area contributed by atoms with Crippen LogP contribution in [-0.4, -0.2) is 56.9 Å². The van der Waals surface area contributed by atoms with E-state index in [4.69, 9.17) is 0 Å². The quantitative estimate of drug-likeness (QED) is 0.431. The van der Waals surface area contributed by atoms with E-state index >= 15 is 0 Å². The molecule has 2 N–H and O–H groups in total. The lowest BCUT2D eigenvalue weighted by molar-refractivity contribution is -0.124. The fourth-order valence-corrected chi connectivity index (χ4v) is 4.34. The third-order valence-corrected chi connectivity index (χ3v) is 6.25. The van der Waals surface area contributed by atoms with Gasteiger partial charge < -0.3 is 20.2 Å². The number of carbonyl (C=O) groups is 1. The molecular formula is C26H26FN7O2. The van der Waals surface area contributed by atoms with Crippen LogP contribution in [0, 0.1) is 5.82 Å². The van der Waals surface area contributed by atoms with Gasteiger partial charge in [-0.15, -0.1) is 0 Å². The number of nitrogens with zero attached hydrogens (tertiary/aromatic N) is 6. The van der Waals surface area contributed by atoms with Gasteiger partial charge in [0.05, 0.1) is 24.3 Å². The first-order valence-corrected chi connectivity index (χ1v) is 11.6. The van der Waals surface area contributed by atoms with Crippen molar-refractivity contribution in [2.24, 2.45) is 7.05 Å². The lowest BCUT2D eigenvalue weighted by atomic mass is 10.0. The van der Waals surface area contributed by atoms with Gasteiger partial charge in [-0.05, 0) is 29.8 Å². The van der Waals surface area contributed by atoms with E-state index in [2.05, 4.69) is 25.3 Å². The third-order valence-electron chi connectivity index (χ3n) is 6.25. The van der Waals surface area contributed by atoms with Crippen LogP contribution in [0.5, 0.6) is 0 Å². The lowest BCUT2D eigenvalue weighted by Crippen LogP contribution is -2.47. The molecule has 3 heterocycles. The van der Waals surface area contributed by atoms with Gasteiger partial charge >= 0.3 is 0 Å². The molecule has 0 aliphatic carbocycles. The summed E-state index contributed by atoms with van der Waals surface area (Å²) < 4.78 is 14.6. The summed E-state index contributed by atoms with van der Waals surface area (Å²) in [6.45, 7) is 2.94. The molecule has 10 heteroatoms. The average molecular weight is 488 g/mol. The van der Waals surface area contributed by atoms with Crippen LogP contribution >= 0.6 is 0 Å². The summed E-state index contributed by atoms with van der Waals surface area (Å²) in [5.74, 6) is -0.456. The first-order valence-electron chi connectivity index (χ1n) is 11.6. The van der Waals surface area contributed by atoms with Gasteiger partial charge in [-0.1, -0.05) is 30.3 Å². The number of amides is 1. The topological polar surface area (TPSA) is 99.4 Å². The van der Waals surface area contributed by atoms with E-state index in [1.165, 1.54) is 17.1 Å². The molecule has 0 saturated carbocycles. The van der Waals surface area contributed by atoms with Crippen LogP contribution in [0.3, 0.4) is 0 Å². The van der Waals surface area contributed by atoms with Gasteiger partial charge in [0.25, 0.3) is 5.91 Å². The molecule has 1 aliphatic heterocycles. The Labute approximate surface area is 207 Å². The Morgan fingerprint density at radius 2 is 1.58 bits per heavy atom. The SMILES string of the molecule is Cn1ncc(-c2ccccc2)c1C(O)C(=O)Nc1ccc(N2CCN(c3ncc(F)cn3)CC2)cc1. The number of benzene rings is 2. The smallest absolute Gasteiger partial charge is 0.259 e. The number of hydrogen-bond acceptors (Lipinski definition) is 7.